The molecule has 1 amide bonds. The third kappa shape index (κ3) is 4.05. The number of benzene rings is 1. The summed E-state index contributed by atoms with van der Waals surface area (Å²) in [6.45, 7) is 0.903. The Hall–Kier alpha value is -2.43. The molecule has 0 saturated heterocycles. The van der Waals surface area contributed by atoms with Gasteiger partial charge in [-0.3, -0.25) is 4.79 Å². The molecule has 5 heteroatoms. The normalized spacial score (nSPS) is 10.1. The molecule has 104 valence electrons. The van der Waals surface area contributed by atoms with E-state index in [0.29, 0.717) is 19.6 Å². The van der Waals surface area contributed by atoms with Crippen molar-refractivity contribution in [3.8, 4) is 5.75 Å². The van der Waals surface area contributed by atoms with Crippen LogP contribution in [0.2, 0.25) is 0 Å². The summed E-state index contributed by atoms with van der Waals surface area (Å²) in [6, 6.07) is 12.3. The average Bonchev–Trinajstić information content (AvgIpc) is 2.48. The number of aromatic nitrogens is 1. The number of hydrogen-bond acceptors (Lipinski definition) is 3. The van der Waals surface area contributed by atoms with Gasteiger partial charge in [-0.1, -0.05) is 18.2 Å². The van der Waals surface area contributed by atoms with Crippen LogP contribution >= 0.6 is 0 Å². The summed E-state index contributed by atoms with van der Waals surface area (Å²) in [5.74, 6) is -0.432. The molecule has 0 bridgehead atoms. The standard InChI is InChI=1S/C15H15FN2O2/c16-14-13(8-4-9-17-14)15(19)18-10-5-11-20-12-6-2-1-3-7-12/h1-4,6-9H,5,10-11H2,(H,18,19). The molecule has 1 aromatic carbocycles. The predicted octanol–water partition coefficient (Wildman–Crippen LogP) is 2.42. The first-order valence-corrected chi connectivity index (χ1v) is 6.34. The van der Waals surface area contributed by atoms with E-state index in [9.17, 15) is 9.18 Å². The van der Waals surface area contributed by atoms with Crippen molar-refractivity contribution in [2.24, 2.45) is 0 Å². The Bertz CT molecular complexity index is 561. The Morgan fingerprint density at radius 2 is 2.00 bits per heavy atom. The zero-order valence-corrected chi connectivity index (χ0v) is 10.9. The monoisotopic (exact) mass is 274 g/mol. The van der Waals surface area contributed by atoms with Crippen LogP contribution in [-0.4, -0.2) is 24.0 Å². The zero-order chi connectivity index (χ0) is 14.2. The van der Waals surface area contributed by atoms with E-state index in [2.05, 4.69) is 10.3 Å². The van der Waals surface area contributed by atoms with Gasteiger partial charge in [0.05, 0.1) is 12.2 Å². The van der Waals surface area contributed by atoms with E-state index >= 15 is 0 Å². The lowest BCUT2D eigenvalue weighted by Crippen LogP contribution is -2.26. The van der Waals surface area contributed by atoms with Gasteiger partial charge in [-0.15, -0.1) is 0 Å². The van der Waals surface area contributed by atoms with E-state index in [1.165, 1.54) is 18.3 Å². The largest absolute Gasteiger partial charge is 0.494 e. The number of nitrogens with one attached hydrogen (secondary N) is 1. The highest BCUT2D eigenvalue weighted by molar-refractivity contribution is 5.94. The molecule has 1 aromatic heterocycles. The highest BCUT2D eigenvalue weighted by atomic mass is 19.1. The molecule has 0 unspecified atom stereocenters. The van der Waals surface area contributed by atoms with E-state index in [1.807, 2.05) is 30.3 Å². The molecule has 0 fully saturated rings. The van der Waals surface area contributed by atoms with Crippen LogP contribution in [-0.2, 0) is 0 Å². The molecular formula is C15H15FN2O2. The number of halogens is 1. The fraction of sp³-hybridized carbons (Fsp3) is 0.200. The van der Waals surface area contributed by atoms with E-state index in [4.69, 9.17) is 4.74 Å². The van der Waals surface area contributed by atoms with Gasteiger partial charge in [0.2, 0.25) is 5.95 Å². The van der Waals surface area contributed by atoms with Crippen LogP contribution < -0.4 is 10.1 Å². The van der Waals surface area contributed by atoms with Gasteiger partial charge in [-0.2, -0.15) is 4.39 Å². The summed E-state index contributed by atoms with van der Waals surface area (Å²) >= 11 is 0. The summed E-state index contributed by atoms with van der Waals surface area (Å²) in [7, 11) is 0. The second kappa shape index (κ2) is 7.23. The number of ether oxygens (including phenoxy) is 1. The number of nitrogens with zero attached hydrogens (tertiary/aromatic N) is 1. The SMILES string of the molecule is O=C(NCCCOc1ccccc1)c1cccnc1F. The fourth-order valence-corrected chi connectivity index (χ4v) is 1.63. The molecule has 2 rings (SSSR count). The highest BCUT2D eigenvalue weighted by Crippen LogP contribution is 2.08. The van der Waals surface area contributed by atoms with E-state index in [-0.39, 0.29) is 5.56 Å². The van der Waals surface area contributed by atoms with Gasteiger partial charge in [-0.05, 0) is 30.7 Å². The minimum absolute atomic E-state index is 0.0449. The third-order valence-corrected chi connectivity index (χ3v) is 2.62. The van der Waals surface area contributed by atoms with Crippen LogP contribution in [0.1, 0.15) is 16.8 Å². The fourth-order valence-electron chi connectivity index (χ4n) is 1.63. The maximum atomic E-state index is 13.2. The number of amides is 1. The molecule has 0 saturated carbocycles. The number of rotatable bonds is 6. The Morgan fingerprint density at radius 1 is 1.20 bits per heavy atom. The second-order valence-electron chi connectivity index (χ2n) is 4.11. The van der Waals surface area contributed by atoms with Crippen LogP contribution in [0.3, 0.4) is 0 Å². The number of pyridine rings is 1. The van der Waals surface area contributed by atoms with E-state index in [1.54, 1.807) is 0 Å². The van der Waals surface area contributed by atoms with E-state index < -0.39 is 11.9 Å². The lowest BCUT2D eigenvalue weighted by atomic mass is 10.2. The minimum atomic E-state index is -0.759. The number of carbonyl (C=O) groups excluding carboxylic acids is 1. The number of para-hydroxylation sites is 1. The zero-order valence-electron chi connectivity index (χ0n) is 10.9. The Kier molecular flexibility index (Phi) is 5.06. The van der Waals surface area contributed by atoms with Crippen molar-refractivity contribution in [3.63, 3.8) is 0 Å². The molecule has 0 aliphatic carbocycles. The number of carbonyl (C=O) groups is 1. The lowest BCUT2D eigenvalue weighted by molar-refractivity contribution is 0.0946. The molecule has 0 spiro atoms. The molecular weight excluding hydrogens is 259 g/mol. The first-order chi connectivity index (χ1) is 9.77. The van der Waals surface area contributed by atoms with Crippen molar-refractivity contribution in [1.82, 2.24) is 10.3 Å². The van der Waals surface area contributed by atoms with Crippen LogP contribution in [0.15, 0.2) is 48.7 Å². The van der Waals surface area contributed by atoms with Gasteiger partial charge in [0, 0.05) is 12.7 Å². The highest BCUT2D eigenvalue weighted by Gasteiger charge is 2.10. The predicted molar refractivity (Wildman–Crippen MR) is 73.1 cm³/mol. The van der Waals surface area contributed by atoms with Gasteiger partial charge in [0.25, 0.3) is 5.91 Å². The van der Waals surface area contributed by atoms with Gasteiger partial charge < -0.3 is 10.1 Å². The average molecular weight is 274 g/mol. The van der Waals surface area contributed by atoms with Crippen molar-refractivity contribution < 1.29 is 13.9 Å². The molecule has 0 aliphatic heterocycles. The maximum absolute atomic E-state index is 13.2. The Balaban J connectivity index is 1.69. The van der Waals surface area contributed by atoms with Crippen LogP contribution in [0.5, 0.6) is 5.75 Å². The summed E-state index contributed by atoms with van der Waals surface area (Å²) < 4.78 is 18.7. The van der Waals surface area contributed by atoms with E-state index in [0.717, 1.165) is 5.75 Å². The Morgan fingerprint density at radius 3 is 2.75 bits per heavy atom. The van der Waals surface area contributed by atoms with Gasteiger partial charge >= 0.3 is 0 Å². The molecule has 0 atom stereocenters. The van der Waals surface area contributed by atoms with Crippen LogP contribution in [0.25, 0.3) is 0 Å². The molecule has 0 aliphatic rings. The summed E-state index contributed by atoms with van der Waals surface area (Å²) in [5.41, 5.74) is -0.0449. The maximum Gasteiger partial charge on any atom is 0.255 e. The molecule has 4 nitrogen and oxygen atoms in total. The first-order valence-electron chi connectivity index (χ1n) is 6.34. The Labute approximate surface area is 116 Å². The number of hydrogen-bond donors (Lipinski definition) is 1. The van der Waals surface area contributed by atoms with Crippen LogP contribution in [0, 0.1) is 5.95 Å². The first kappa shape index (κ1) is 14.0. The van der Waals surface area contributed by atoms with Gasteiger partial charge in [-0.25, -0.2) is 4.98 Å². The molecule has 2 aromatic rings. The lowest BCUT2D eigenvalue weighted by Gasteiger charge is -2.07. The minimum Gasteiger partial charge on any atom is -0.494 e. The second-order valence-corrected chi connectivity index (χ2v) is 4.11. The van der Waals surface area contributed by atoms with Crippen molar-refractivity contribution in [1.29, 1.82) is 0 Å². The summed E-state index contributed by atoms with van der Waals surface area (Å²) in [6.07, 6.45) is 1.95. The third-order valence-electron chi connectivity index (χ3n) is 2.62. The molecule has 0 radical (unpaired) electrons. The van der Waals surface area contributed by atoms with Crippen molar-refractivity contribution in [2.45, 2.75) is 6.42 Å². The van der Waals surface area contributed by atoms with Crippen molar-refractivity contribution in [2.75, 3.05) is 13.2 Å². The van der Waals surface area contributed by atoms with Crippen molar-refractivity contribution in [3.05, 3.63) is 60.2 Å². The summed E-state index contributed by atoms with van der Waals surface area (Å²) in [5, 5.41) is 2.63. The smallest absolute Gasteiger partial charge is 0.255 e. The summed E-state index contributed by atoms with van der Waals surface area (Å²) in [4.78, 5) is 15.1. The molecule has 1 N–H and O–H groups in total. The molecule has 20 heavy (non-hydrogen) atoms. The topological polar surface area (TPSA) is 51.2 Å². The van der Waals surface area contributed by atoms with Crippen LogP contribution in [0.4, 0.5) is 4.39 Å². The molecule has 1 heterocycles. The van der Waals surface area contributed by atoms with Gasteiger partial charge in [0.15, 0.2) is 0 Å². The van der Waals surface area contributed by atoms with Gasteiger partial charge in [0.1, 0.15) is 5.75 Å². The van der Waals surface area contributed by atoms with Crippen molar-refractivity contribution >= 4 is 5.91 Å². The quantitative estimate of drug-likeness (QED) is 0.650.